The molecular formula is C20H22N2OS2. The van der Waals surface area contributed by atoms with Crippen LogP contribution in [0.4, 0.5) is 0 Å². The molecule has 0 bridgehead atoms. The second-order valence-corrected chi connectivity index (χ2v) is 8.45. The van der Waals surface area contributed by atoms with Crippen LogP contribution in [0, 0.1) is 0 Å². The molecule has 0 N–H and O–H groups in total. The van der Waals surface area contributed by atoms with Crippen molar-refractivity contribution in [3.63, 3.8) is 0 Å². The van der Waals surface area contributed by atoms with E-state index in [9.17, 15) is 0 Å². The van der Waals surface area contributed by atoms with E-state index in [1.807, 2.05) is 53.4 Å². The summed E-state index contributed by atoms with van der Waals surface area (Å²) >= 11 is 3.75. The SMILES string of the molecule is c1ccc(OCCCCSc2ncnc3sc4c(c23)CCCC4)cc1. The number of ether oxygens (including phenoxy) is 1. The molecule has 1 aliphatic rings. The average Bonchev–Trinajstić information content (AvgIpc) is 3.05. The van der Waals surface area contributed by atoms with Crippen LogP contribution in [0.15, 0.2) is 41.7 Å². The molecule has 0 amide bonds. The third kappa shape index (κ3) is 3.98. The first kappa shape index (κ1) is 16.9. The predicted octanol–water partition coefficient (Wildman–Crippen LogP) is 5.52. The van der Waals surface area contributed by atoms with E-state index in [2.05, 4.69) is 9.97 Å². The predicted molar refractivity (Wildman–Crippen MR) is 106 cm³/mol. The molecule has 0 saturated heterocycles. The normalized spacial score (nSPS) is 13.8. The van der Waals surface area contributed by atoms with Gasteiger partial charge in [0, 0.05) is 10.3 Å². The summed E-state index contributed by atoms with van der Waals surface area (Å²) < 4.78 is 5.76. The minimum atomic E-state index is 0.775. The van der Waals surface area contributed by atoms with Crippen molar-refractivity contribution in [1.82, 2.24) is 9.97 Å². The van der Waals surface area contributed by atoms with E-state index in [4.69, 9.17) is 4.74 Å². The molecule has 1 aliphatic carbocycles. The smallest absolute Gasteiger partial charge is 0.128 e. The van der Waals surface area contributed by atoms with E-state index >= 15 is 0 Å². The summed E-state index contributed by atoms with van der Waals surface area (Å²) in [5.74, 6) is 2.03. The molecule has 4 rings (SSSR count). The zero-order valence-electron chi connectivity index (χ0n) is 14.2. The Bertz CT molecular complexity index is 832. The highest BCUT2D eigenvalue weighted by Crippen LogP contribution is 2.39. The van der Waals surface area contributed by atoms with Gasteiger partial charge in [0.2, 0.25) is 0 Å². The quantitative estimate of drug-likeness (QED) is 0.311. The Morgan fingerprint density at radius 3 is 2.84 bits per heavy atom. The van der Waals surface area contributed by atoms with Crippen LogP contribution < -0.4 is 4.74 Å². The average molecular weight is 371 g/mol. The van der Waals surface area contributed by atoms with Gasteiger partial charge in [0.25, 0.3) is 0 Å². The molecule has 3 nitrogen and oxygen atoms in total. The summed E-state index contributed by atoms with van der Waals surface area (Å²) in [6.07, 6.45) is 8.96. The monoisotopic (exact) mass is 370 g/mol. The van der Waals surface area contributed by atoms with Gasteiger partial charge >= 0.3 is 0 Å². The molecule has 1 aromatic carbocycles. The maximum Gasteiger partial charge on any atom is 0.128 e. The number of para-hydroxylation sites is 1. The number of unbranched alkanes of at least 4 members (excludes halogenated alkanes) is 1. The van der Waals surface area contributed by atoms with Crippen molar-refractivity contribution in [3.8, 4) is 5.75 Å². The van der Waals surface area contributed by atoms with Crippen molar-refractivity contribution < 1.29 is 4.74 Å². The lowest BCUT2D eigenvalue weighted by molar-refractivity contribution is 0.310. The molecule has 5 heteroatoms. The largest absolute Gasteiger partial charge is 0.494 e. The van der Waals surface area contributed by atoms with E-state index in [-0.39, 0.29) is 0 Å². The molecule has 0 aliphatic heterocycles. The summed E-state index contributed by atoms with van der Waals surface area (Å²) in [7, 11) is 0. The molecule has 0 atom stereocenters. The Labute approximate surface area is 156 Å². The van der Waals surface area contributed by atoms with Gasteiger partial charge in [0.1, 0.15) is 21.9 Å². The van der Waals surface area contributed by atoms with E-state index < -0.39 is 0 Å². The summed E-state index contributed by atoms with van der Waals surface area (Å²) in [5, 5.41) is 2.51. The minimum absolute atomic E-state index is 0.775. The van der Waals surface area contributed by atoms with Gasteiger partial charge < -0.3 is 4.74 Å². The van der Waals surface area contributed by atoms with Gasteiger partial charge in [-0.15, -0.1) is 23.1 Å². The van der Waals surface area contributed by atoms with Crippen molar-refractivity contribution >= 4 is 33.3 Å². The molecular weight excluding hydrogens is 348 g/mol. The number of nitrogens with zero attached hydrogens (tertiary/aromatic N) is 2. The maximum absolute atomic E-state index is 5.76. The van der Waals surface area contributed by atoms with Gasteiger partial charge in [-0.05, 0) is 62.0 Å². The summed E-state index contributed by atoms with van der Waals surface area (Å²) in [4.78, 5) is 11.8. The van der Waals surface area contributed by atoms with E-state index in [1.54, 1.807) is 11.2 Å². The zero-order valence-corrected chi connectivity index (χ0v) is 15.9. The van der Waals surface area contributed by atoms with Crippen molar-refractivity contribution in [2.24, 2.45) is 0 Å². The van der Waals surface area contributed by atoms with Crippen LogP contribution in [0.2, 0.25) is 0 Å². The first-order valence-corrected chi connectivity index (χ1v) is 10.8. The second-order valence-electron chi connectivity index (χ2n) is 6.29. The van der Waals surface area contributed by atoms with Crippen molar-refractivity contribution in [2.75, 3.05) is 12.4 Å². The van der Waals surface area contributed by atoms with E-state index in [0.717, 1.165) is 31.0 Å². The fourth-order valence-electron chi connectivity index (χ4n) is 3.25. The minimum Gasteiger partial charge on any atom is -0.494 e. The third-order valence-corrected chi connectivity index (χ3v) is 6.78. The Kier molecular flexibility index (Phi) is 5.52. The first-order valence-electron chi connectivity index (χ1n) is 8.98. The number of rotatable bonds is 7. The van der Waals surface area contributed by atoms with Crippen molar-refractivity contribution in [1.29, 1.82) is 0 Å². The number of thiophene rings is 1. The number of aryl methyl sites for hydroxylation is 2. The fourth-order valence-corrected chi connectivity index (χ4v) is 5.57. The van der Waals surface area contributed by atoms with Gasteiger partial charge in [-0.1, -0.05) is 18.2 Å². The lowest BCUT2D eigenvalue weighted by atomic mass is 9.97. The second kappa shape index (κ2) is 8.19. The highest BCUT2D eigenvalue weighted by atomic mass is 32.2. The number of benzene rings is 1. The standard InChI is InChI=1S/C20H22N2OS2/c1-2-8-15(9-3-1)23-12-6-7-13-24-19-18-16-10-4-5-11-17(16)25-20(18)22-14-21-19/h1-3,8-9,14H,4-7,10-13H2. The number of hydrogen-bond donors (Lipinski definition) is 0. The Balaban J connectivity index is 1.32. The molecule has 0 saturated carbocycles. The molecule has 0 unspecified atom stereocenters. The molecule has 0 spiro atoms. The summed E-state index contributed by atoms with van der Waals surface area (Å²) in [5.41, 5.74) is 1.53. The lowest BCUT2D eigenvalue weighted by Gasteiger charge is -2.11. The number of hydrogen-bond acceptors (Lipinski definition) is 5. The number of fused-ring (bicyclic) bond motifs is 3. The van der Waals surface area contributed by atoms with Crippen molar-refractivity contribution in [2.45, 2.75) is 43.6 Å². The molecule has 130 valence electrons. The van der Waals surface area contributed by atoms with Gasteiger partial charge in [0.05, 0.1) is 6.61 Å². The first-order chi connectivity index (χ1) is 12.4. The third-order valence-electron chi connectivity index (χ3n) is 4.51. The molecule has 2 heterocycles. The van der Waals surface area contributed by atoms with Crippen LogP contribution in [0.1, 0.15) is 36.1 Å². The summed E-state index contributed by atoms with van der Waals surface area (Å²) in [6.45, 7) is 0.775. The van der Waals surface area contributed by atoms with Gasteiger partial charge in [0.15, 0.2) is 0 Å². The van der Waals surface area contributed by atoms with Crippen LogP contribution in [0.5, 0.6) is 5.75 Å². The van der Waals surface area contributed by atoms with Crippen LogP contribution in [0.3, 0.4) is 0 Å². The van der Waals surface area contributed by atoms with Gasteiger partial charge in [-0.2, -0.15) is 0 Å². The highest BCUT2D eigenvalue weighted by molar-refractivity contribution is 7.99. The zero-order chi connectivity index (χ0) is 16.9. The Morgan fingerprint density at radius 2 is 1.92 bits per heavy atom. The molecule has 2 aromatic heterocycles. The molecule has 0 fully saturated rings. The molecule has 3 aromatic rings. The summed E-state index contributed by atoms with van der Waals surface area (Å²) in [6, 6.07) is 10.0. The maximum atomic E-state index is 5.76. The fraction of sp³-hybridized carbons (Fsp3) is 0.400. The Morgan fingerprint density at radius 1 is 1.04 bits per heavy atom. The van der Waals surface area contributed by atoms with Crippen LogP contribution >= 0.6 is 23.1 Å². The van der Waals surface area contributed by atoms with Crippen molar-refractivity contribution in [3.05, 3.63) is 47.1 Å². The highest BCUT2D eigenvalue weighted by Gasteiger charge is 2.19. The van der Waals surface area contributed by atoms with E-state index in [1.165, 1.54) is 46.5 Å². The van der Waals surface area contributed by atoms with Crippen LogP contribution in [-0.4, -0.2) is 22.3 Å². The Hall–Kier alpha value is -1.59. The van der Waals surface area contributed by atoms with Gasteiger partial charge in [-0.25, -0.2) is 9.97 Å². The topological polar surface area (TPSA) is 35.0 Å². The van der Waals surface area contributed by atoms with Crippen LogP contribution in [0.25, 0.3) is 10.2 Å². The lowest BCUT2D eigenvalue weighted by Crippen LogP contribution is -1.99. The number of thioether (sulfide) groups is 1. The van der Waals surface area contributed by atoms with E-state index in [0.29, 0.717) is 0 Å². The molecule has 0 radical (unpaired) electrons. The van der Waals surface area contributed by atoms with Crippen LogP contribution in [-0.2, 0) is 12.8 Å². The van der Waals surface area contributed by atoms with Gasteiger partial charge in [-0.3, -0.25) is 0 Å². The molecule has 25 heavy (non-hydrogen) atoms. The number of aromatic nitrogens is 2.